The third kappa shape index (κ3) is 2.83. The van der Waals surface area contributed by atoms with Gasteiger partial charge in [0, 0.05) is 17.6 Å². The molecule has 0 aromatic carbocycles. The van der Waals surface area contributed by atoms with Crippen molar-refractivity contribution in [1.29, 1.82) is 0 Å². The molecule has 2 aromatic rings. The number of rotatable bonds is 4. The second-order valence-electron chi connectivity index (χ2n) is 3.44. The number of carboxylic acid groups (broad SMARTS) is 1. The van der Waals surface area contributed by atoms with Crippen LogP contribution in [0.15, 0.2) is 21.3 Å². The molecule has 0 aliphatic heterocycles. The molecule has 7 nitrogen and oxygen atoms in total. The zero-order valence-corrected chi connectivity index (χ0v) is 10.9. The summed E-state index contributed by atoms with van der Waals surface area (Å²) in [5.41, 5.74) is 0.0737. The second-order valence-corrected chi connectivity index (χ2v) is 4.35. The number of nitrogens with zero attached hydrogens (tertiary/aromatic N) is 3. The van der Waals surface area contributed by atoms with E-state index in [4.69, 9.17) is 9.63 Å². The topological polar surface area (TPSA) is 101 Å². The van der Waals surface area contributed by atoms with E-state index in [9.17, 15) is 4.79 Å². The summed E-state index contributed by atoms with van der Waals surface area (Å²) in [6, 6.07) is 1.47. The van der Waals surface area contributed by atoms with Gasteiger partial charge in [-0.05, 0) is 22.0 Å². The fourth-order valence-electron chi connectivity index (χ4n) is 1.32. The highest BCUT2D eigenvalue weighted by molar-refractivity contribution is 9.10. The van der Waals surface area contributed by atoms with Crippen molar-refractivity contribution in [3.63, 3.8) is 0 Å². The zero-order valence-electron chi connectivity index (χ0n) is 9.35. The van der Waals surface area contributed by atoms with Crippen LogP contribution in [0.5, 0.6) is 0 Å². The van der Waals surface area contributed by atoms with E-state index in [2.05, 4.69) is 36.4 Å². The molecule has 0 spiro atoms. The van der Waals surface area contributed by atoms with Gasteiger partial charge in [-0.3, -0.25) is 0 Å². The van der Waals surface area contributed by atoms with Crippen LogP contribution in [0.3, 0.4) is 0 Å². The first-order valence-corrected chi connectivity index (χ1v) is 5.77. The van der Waals surface area contributed by atoms with Crippen molar-refractivity contribution in [3.8, 4) is 0 Å². The van der Waals surface area contributed by atoms with Crippen LogP contribution in [0.2, 0.25) is 0 Å². The third-order valence-electron chi connectivity index (χ3n) is 2.07. The number of hydrogen-bond acceptors (Lipinski definition) is 6. The molecule has 0 bridgehead atoms. The van der Waals surface area contributed by atoms with E-state index >= 15 is 0 Å². The summed E-state index contributed by atoms with van der Waals surface area (Å²) >= 11 is 3.17. The molecule has 0 aliphatic rings. The number of carbonyl (C=O) groups is 1. The molecule has 0 radical (unpaired) electrons. The molecule has 0 unspecified atom stereocenters. The number of aryl methyl sites for hydroxylation is 1. The van der Waals surface area contributed by atoms with E-state index in [-0.39, 0.29) is 17.9 Å². The number of pyridine rings is 1. The van der Waals surface area contributed by atoms with Crippen LogP contribution in [0.1, 0.15) is 22.1 Å². The average Bonchev–Trinajstić information content (AvgIpc) is 2.73. The van der Waals surface area contributed by atoms with Gasteiger partial charge in [0.2, 0.25) is 5.89 Å². The normalized spacial score (nSPS) is 10.3. The summed E-state index contributed by atoms with van der Waals surface area (Å²) in [6.45, 7) is 1.92. The molecular weight excluding hydrogens is 304 g/mol. The van der Waals surface area contributed by atoms with Crippen molar-refractivity contribution in [1.82, 2.24) is 15.1 Å². The van der Waals surface area contributed by atoms with Gasteiger partial charge in [0.1, 0.15) is 11.4 Å². The van der Waals surface area contributed by atoms with Gasteiger partial charge in [-0.25, -0.2) is 9.78 Å². The maximum Gasteiger partial charge on any atom is 0.339 e. The van der Waals surface area contributed by atoms with Crippen LogP contribution < -0.4 is 5.32 Å². The largest absolute Gasteiger partial charge is 0.478 e. The summed E-state index contributed by atoms with van der Waals surface area (Å²) in [5.74, 6) is 0.0892. The van der Waals surface area contributed by atoms with E-state index in [0.717, 1.165) is 0 Å². The predicted octanol–water partition coefficient (Wildman–Crippen LogP) is 1.85. The van der Waals surface area contributed by atoms with Crippen LogP contribution in [0, 0.1) is 6.92 Å². The highest BCUT2D eigenvalue weighted by Crippen LogP contribution is 2.18. The lowest BCUT2D eigenvalue weighted by molar-refractivity contribution is 0.0697. The van der Waals surface area contributed by atoms with E-state index in [1.54, 1.807) is 6.92 Å². The Balaban J connectivity index is 2.16. The van der Waals surface area contributed by atoms with Crippen LogP contribution in [0.25, 0.3) is 0 Å². The van der Waals surface area contributed by atoms with Gasteiger partial charge in [-0.2, -0.15) is 4.98 Å². The average molecular weight is 313 g/mol. The molecule has 2 heterocycles. The molecule has 0 saturated heterocycles. The molecule has 0 fully saturated rings. The maximum absolute atomic E-state index is 11.0. The Morgan fingerprint density at radius 3 is 3.00 bits per heavy atom. The van der Waals surface area contributed by atoms with Crippen LogP contribution in [0.4, 0.5) is 5.82 Å². The number of hydrogen-bond donors (Lipinski definition) is 2. The highest BCUT2D eigenvalue weighted by atomic mass is 79.9. The van der Waals surface area contributed by atoms with Gasteiger partial charge in [0.05, 0.1) is 6.54 Å². The van der Waals surface area contributed by atoms with Gasteiger partial charge < -0.3 is 14.9 Å². The SMILES string of the molecule is Cc1nc(CNc2ncc(Br)cc2C(=O)O)no1. The minimum atomic E-state index is -1.06. The minimum absolute atomic E-state index is 0.0737. The fourth-order valence-corrected chi connectivity index (χ4v) is 1.65. The lowest BCUT2D eigenvalue weighted by Crippen LogP contribution is -2.09. The number of aromatic carboxylic acids is 1. The lowest BCUT2D eigenvalue weighted by atomic mass is 10.2. The summed E-state index contributed by atoms with van der Waals surface area (Å²) in [5, 5.41) is 15.6. The number of aromatic nitrogens is 3. The Morgan fingerprint density at radius 2 is 2.39 bits per heavy atom. The molecule has 2 aromatic heterocycles. The molecule has 8 heteroatoms. The van der Waals surface area contributed by atoms with Gasteiger partial charge in [0.15, 0.2) is 5.82 Å². The molecule has 0 saturated carbocycles. The van der Waals surface area contributed by atoms with Gasteiger partial charge in [-0.1, -0.05) is 5.16 Å². The lowest BCUT2D eigenvalue weighted by Gasteiger charge is -2.06. The summed E-state index contributed by atoms with van der Waals surface area (Å²) in [6.07, 6.45) is 1.51. The summed E-state index contributed by atoms with van der Waals surface area (Å²) < 4.78 is 5.40. The molecule has 18 heavy (non-hydrogen) atoms. The zero-order chi connectivity index (χ0) is 13.1. The molecule has 0 aliphatic carbocycles. The van der Waals surface area contributed by atoms with E-state index in [1.165, 1.54) is 12.3 Å². The Hall–Kier alpha value is -1.96. The second kappa shape index (κ2) is 5.13. The first-order valence-electron chi connectivity index (χ1n) is 4.98. The number of carboxylic acids is 1. The van der Waals surface area contributed by atoms with Gasteiger partial charge in [-0.15, -0.1) is 0 Å². The monoisotopic (exact) mass is 312 g/mol. The smallest absolute Gasteiger partial charge is 0.339 e. The molecule has 94 valence electrons. The van der Waals surface area contributed by atoms with Crippen molar-refractivity contribution in [2.45, 2.75) is 13.5 Å². The summed E-state index contributed by atoms with van der Waals surface area (Å²) in [4.78, 5) is 19.0. The first kappa shape index (κ1) is 12.5. The van der Waals surface area contributed by atoms with Crippen molar-refractivity contribution in [2.75, 3.05) is 5.32 Å². The fraction of sp³-hybridized carbons (Fsp3) is 0.200. The molecule has 0 amide bonds. The molecular formula is C10H9BrN4O3. The Labute approximate surface area is 110 Å². The number of nitrogens with one attached hydrogen (secondary N) is 1. The Bertz CT molecular complexity index is 584. The van der Waals surface area contributed by atoms with Crippen molar-refractivity contribution < 1.29 is 14.4 Å². The Kier molecular flexibility index (Phi) is 3.56. The van der Waals surface area contributed by atoms with Crippen LogP contribution in [-0.4, -0.2) is 26.2 Å². The van der Waals surface area contributed by atoms with E-state index in [0.29, 0.717) is 16.2 Å². The third-order valence-corrected chi connectivity index (χ3v) is 2.50. The van der Waals surface area contributed by atoms with Gasteiger partial charge >= 0.3 is 5.97 Å². The molecule has 2 rings (SSSR count). The quantitative estimate of drug-likeness (QED) is 0.888. The standard InChI is InChI=1S/C10H9BrN4O3/c1-5-14-8(15-18-5)4-13-9-7(10(16)17)2-6(11)3-12-9/h2-3H,4H2,1H3,(H,12,13)(H,16,17). The van der Waals surface area contributed by atoms with Crippen molar-refractivity contribution >= 4 is 27.7 Å². The van der Waals surface area contributed by atoms with Crippen LogP contribution >= 0.6 is 15.9 Å². The van der Waals surface area contributed by atoms with Crippen molar-refractivity contribution in [3.05, 3.63) is 34.0 Å². The highest BCUT2D eigenvalue weighted by Gasteiger charge is 2.12. The molecule has 0 atom stereocenters. The first-order chi connectivity index (χ1) is 8.56. The van der Waals surface area contributed by atoms with Gasteiger partial charge in [0.25, 0.3) is 0 Å². The predicted molar refractivity (Wildman–Crippen MR) is 65.3 cm³/mol. The number of anilines is 1. The van der Waals surface area contributed by atoms with E-state index < -0.39 is 5.97 Å². The Morgan fingerprint density at radius 1 is 1.61 bits per heavy atom. The maximum atomic E-state index is 11.0. The van der Waals surface area contributed by atoms with Crippen LogP contribution in [-0.2, 0) is 6.54 Å². The number of halogens is 1. The summed E-state index contributed by atoms with van der Waals surface area (Å²) in [7, 11) is 0. The minimum Gasteiger partial charge on any atom is -0.478 e. The van der Waals surface area contributed by atoms with Crippen molar-refractivity contribution in [2.24, 2.45) is 0 Å². The molecule has 2 N–H and O–H groups in total. The van der Waals surface area contributed by atoms with E-state index in [1.807, 2.05) is 0 Å².